The van der Waals surface area contributed by atoms with E-state index in [4.69, 9.17) is 19.3 Å². The Kier molecular flexibility index (Phi) is 6.19. The maximum absolute atomic E-state index is 12.0. The van der Waals surface area contributed by atoms with Crippen molar-refractivity contribution in [1.82, 2.24) is 0 Å². The minimum absolute atomic E-state index is 0.0358. The van der Waals surface area contributed by atoms with E-state index in [1.165, 1.54) is 0 Å². The maximum Gasteiger partial charge on any atom is 0.584 e. The Hall–Kier alpha value is -1.85. The third-order valence-electron chi connectivity index (χ3n) is 3.09. The second-order valence-corrected chi connectivity index (χ2v) is 6.19. The summed E-state index contributed by atoms with van der Waals surface area (Å²) in [6.45, 7) is 0.0716. The van der Waals surface area contributed by atoms with Crippen LogP contribution in [0.2, 0.25) is 0 Å². The van der Waals surface area contributed by atoms with Gasteiger partial charge in [0.25, 0.3) is 0 Å². The highest BCUT2D eigenvalue weighted by Crippen LogP contribution is 2.44. The van der Waals surface area contributed by atoms with Gasteiger partial charge in [-0.2, -0.15) is 0 Å². The van der Waals surface area contributed by atoms with Crippen molar-refractivity contribution < 1.29 is 28.7 Å². The molecular weight excluding hydrogens is 319 g/mol. The van der Waals surface area contributed by atoms with Gasteiger partial charge in [0.1, 0.15) is 11.5 Å². The van der Waals surface area contributed by atoms with E-state index in [9.17, 15) is 9.46 Å². The van der Waals surface area contributed by atoms with Crippen molar-refractivity contribution in [3.63, 3.8) is 0 Å². The lowest BCUT2D eigenvalue weighted by atomic mass is 10.2. The Morgan fingerprint density at radius 3 is 1.39 bits per heavy atom. The highest BCUT2D eigenvalue weighted by molar-refractivity contribution is 7.48. The summed E-state index contributed by atoms with van der Waals surface area (Å²) < 4.78 is 22.0. The summed E-state index contributed by atoms with van der Waals surface area (Å²) in [5, 5.41) is 17.7. The molecule has 0 aliphatic carbocycles. The van der Waals surface area contributed by atoms with E-state index in [0.717, 1.165) is 11.1 Å². The van der Waals surface area contributed by atoms with Crippen LogP contribution < -0.4 is 9.05 Å². The largest absolute Gasteiger partial charge is 0.584 e. The molecule has 0 radical (unpaired) electrons. The average Bonchev–Trinajstić information content (AvgIpc) is 2.51. The third kappa shape index (κ3) is 5.69. The summed E-state index contributed by atoms with van der Waals surface area (Å²) in [6, 6.07) is 13.0. The zero-order valence-corrected chi connectivity index (χ0v) is 13.4. The van der Waals surface area contributed by atoms with Gasteiger partial charge in [0, 0.05) is 13.2 Å². The molecule has 0 heterocycles. The van der Waals surface area contributed by atoms with Gasteiger partial charge in [-0.3, -0.25) is 4.89 Å². The number of hydrogen-bond donors (Lipinski definition) is 3. The summed E-state index contributed by atoms with van der Waals surface area (Å²) in [4.78, 5) is 9.80. The normalized spacial score (nSPS) is 11.3. The van der Waals surface area contributed by atoms with Crippen LogP contribution in [0.25, 0.3) is 0 Å². The van der Waals surface area contributed by atoms with Crippen LogP contribution in [-0.4, -0.2) is 28.3 Å². The molecule has 7 heteroatoms. The second kappa shape index (κ2) is 8.13. The first kappa shape index (κ1) is 17.5. The van der Waals surface area contributed by atoms with Gasteiger partial charge < -0.3 is 19.3 Å². The molecule has 0 aliphatic heterocycles. The number of aliphatic hydroxyl groups is 2. The van der Waals surface area contributed by atoms with Crippen LogP contribution >= 0.6 is 7.82 Å². The number of phosphoric ester groups is 1. The lowest BCUT2D eigenvalue weighted by Crippen LogP contribution is -2.00. The Balaban J connectivity index is 1.99. The molecule has 0 aliphatic rings. The quantitative estimate of drug-likeness (QED) is 0.639. The van der Waals surface area contributed by atoms with Gasteiger partial charge in [0.2, 0.25) is 0 Å². The molecule has 3 N–H and O–H groups in total. The van der Waals surface area contributed by atoms with Gasteiger partial charge in [-0.15, -0.1) is 0 Å². The molecule has 0 unspecified atom stereocenters. The highest BCUT2D eigenvalue weighted by atomic mass is 31.2. The van der Waals surface area contributed by atoms with Crippen LogP contribution in [0.15, 0.2) is 48.5 Å². The van der Waals surface area contributed by atoms with E-state index in [1.54, 1.807) is 48.5 Å². The first-order valence-electron chi connectivity index (χ1n) is 7.14. The molecule has 2 aromatic carbocycles. The van der Waals surface area contributed by atoms with E-state index < -0.39 is 7.82 Å². The minimum Gasteiger partial charge on any atom is -0.396 e. The summed E-state index contributed by atoms with van der Waals surface area (Å²) >= 11 is 0. The van der Waals surface area contributed by atoms with Gasteiger partial charge in [-0.05, 0) is 48.2 Å². The lowest BCUT2D eigenvalue weighted by Gasteiger charge is -2.14. The molecule has 0 amide bonds. The number of phosphoric acid groups is 1. The first-order valence-corrected chi connectivity index (χ1v) is 8.63. The van der Waals surface area contributed by atoms with E-state index in [2.05, 4.69) is 0 Å². The van der Waals surface area contributed by atoms with Crippen molar-refractivity contribution in [2.75, 3.05) is 13.2 Å². The van der Waals surface area contributed by atoms with Crippen molar-refractivity contribution in [3.05, 3.63) is 59.7 Å². The van der Waals surface area contributed by atoms with Crippen LogP contribution in [0, 0.1) is 0 Å². The lowest BCUT2D eigenvalue weighted by molar-refractivity contribution is 0.289. The smallest absolute Gasteiger partial charge is 0.396 e. The van der Waals surface area contributed by atoms with Crippen LogP contribution in [0.3, 0.4) is 0 Å². The maximum atomic E-state index is 12.0. The molecule has 0 saturated heterocycles. The van der Waals surface area contributed by atoms with Crippen molar-refractivity contribution in [2.45, 2.75) is 12.8 Å². The number of rotatable bonds is 8. The van der Waals surface area contributed by atoms with Crippen molar-refractivity contribution in [3.8, 4) is 11.5 Å². The summed E-state index contributed by atoms with van der Waals surface area (Å²) in [5.41, 5.74) is 1.79. The average molecular weight is 338 g/mol. The zero-order valence-electron chi connectivity index (χ0n) is 12.5. The fourth-order valence-corrected chi connectivity index (χ4v) is 2.79. The van der Waals surface area contributed by atoms with Crippen molar-refractivity contribution >= 4 is 7.82 Å². The minimum atomic E-state index is -4.30. The second-order valence-electron chi connectivity index (χ2n) is 4.89. The summed E-state index contributed by atoms with van der Waals surface area (Å²) in [5.74, 6) is 0.406. The molecular formula is C16H19O6P. The molecule has 124 valence electrons. The van der Waals surface area contributed by atoms with Gasteiger partial charge in [0.15, 0.2) is 0 Å². The van der Waals surface area contributed by atoms with Crippen LogP contribution in [0.4, 0.5) is 0 Å². The zero-order chi connectivity index (χ0) is 16.7. The molecule has 0 aromatic heterocycles. The van der Waals surface area contributed by atoms with Crippen LogP contribution in [0.5, 0.6) is 11.5 Å². The summed E-state index contributed by atoms with van der Waals surface area (Å²) in [7, 11) is -4.30. The molecule has 0 bridgehead atoms. The SMILES string of the molecule is O=P(O)(Oc1ccc(CCO)cc1)Oc1ccc(CCO)cc1. The fourth-order valence-electron chi connectivity index (χ4n) is 1.98. The number of benzene rings is 2. The standard InChI is InChI=1S/C16H19O6P/c17-11-9-13-1-5-15(6-2-13)21-23(19,20)22-16-7-3-14(4-8-16)10-12-18/h1-8,17-18H,9-12H2,(H,19,20). The predicted octanol–water partition coefficient (Wildman–Crippen LogP) is 2.31. The highest BCUT2D eigenvalue weighted by Gasteiger charge is 2.25. The van der Waals surface area contributed by atoms with E-state index in [1.807, 2.05) is 0 Å². The van der Waals surface area contributed by atoms with Gasteiger partial charge >= 0.3 is 7.82 Å². The molecule has 2 rings (SSSR count). The Morgan fingerprint density at radius 2 is 1.09 bits per heavy atom. The van der Waals surface area contributed by atoms with Crippen LogP contribution in [-0.2, 0) is 17.4 Å². The topological polar surface area (TPSA) is 96.2 Å². The molecule has 23 heavy (non-hydrogen) atoms. The summed E-state index contributed by atoms with van der Waals surface area (Å²) in [6.07, 6.45) is 1.02. The molecule has 2 aromatic rings. The molecule has 0 atom stereocenters. The number of hydrogen-bond acceptors (Lipinski definition) is 5. The van der Waals surface area contributed by atoms with Gasteiger partial charge in [-0.25, -0.2) is 4.57 Å². The fraction of sp³-hybridized carbons (Fsp3) is 0.250. The Morgan fingerprint density at radius 1 is 0.739 bits per heavy atom. The molecule has 0 saturated carbocycles. The van der Waals surface area contributed by atoms with Gasteiger partial charge in [-0.1, -0.05) is 24.3 Å². The molecule has 6 nitrogen and oxygen atoms in total. The molecule has 0 fully saturated rings. The van der Waals surface area contributed by atoms with Crippen molar-refractivity contribution in [2.24, 2.45) is 0 Å². The molecule has 0 spiro atoms. The van der Waals surface area contributed by atoms with E-state index in [-0.39, 0.29) is 24.7 Å². The van der Waals surface area contributed by atoms with Crippen LogP contribution in [0.1, 0.15) is 11.1 Å². The predicted molar refractivity (Wildman–Crippen MR) is 85.5 cm³/mol. The van der Waals surface area contributed by atoms with E-state index >= 15 is 0 Å². The Bertz CT molecular complexity index is 598. The monoisotopic (exact) mass is 338 g/mol. The van der Waals surface area contributed by atoms with Gasteiger partial charge in [0.05, 0.1) is 0 Å². The number of aliphatic hydroxyl groups excluding tert-OH is 2. The first-order chi connectivity index (χ1) is 11.0. The van der Waals surface area contributed by atoms with Crippen molar-refractivity contribution in [1.29, 1.82) is 0 Å². The van der Waals surface area contributed by atoms with E-state index in [0.29, 0.717) is 12.8 Å². The third-order valence-corrected chi connectivity index (χ3v) is 3.97. The Labute approximate surface area is 134 Å².